The van der Waals surface area contributed by atoms with Gasteiger partial charge in [-0.25, -0.2) is 9.38 Å². The highest BCUT2D eigenvalue weighted by atomic mass is 79.9. The summed E-state index contributed by atoms with van der Waals surface area (Å²) in [5.74, 6) is -0.798. The number of aliphatic imine (C=N–C) groups is 1. The first-order valence-electron chi connectivity index (χ1n) is 3.35. The van der Waals surface area contributed by atoms with Crippen molar-refractivity contribution >= 4 is 33.3 Å². The Labute approximate surface area is 82.7 Å². The fraction of sp³-hybridized carbons (Fsp3) is 0. The van der Waals surface area contributed by atoms with Gasteiger partial charge in [-0.3, -0.25) is 0 Å². The lowest BCUT2D eigenvalue weighted by Gasteiger charge is -2.02. The van der Waals surface area contributed by atoms with Crippen molar-refractivity contribution in [3.63, 3.8) is 0 Å². The first-order chi connectivity index (χ1) is 6.00. The molecule has 0 atom stereocenters. The van der Waals surface area contributed by atoms with Crippen LogP contribution in [0.5, 0.6) is 0 Å². The number of hydrogen-bond donors (Lipinski definition) is 3. The molecule has 0 radical (unpaired) electrons. The van der Waals surface area contributed by atoms with E-state index in [4.69, 9.17) is 17.2 Å². The van der Waals surface area contributed by atoms with Crippen LogP contribution in [0.1, 0.15) is 0 Å². The van der Waals surface area contributed by atoms with Crippen molar-refractivity contribution in [3.05, 3.63) is 22.4 Å². The average Bonchev–Trinajstić information content (AvgIpc) is 1.96. The molecule has 0 amide bonds. The number of halogens is 2. The Morgan fingerprint density at radius 3 is 2.46 bits per heavy atom. The highest BCUT2D eigenvalue weighted by Crippen LogP contribution is 2.29. The summed E-state index contributed by atoms with van der Waals surface area (Å²) < 4.78 is 13.7. The van der Waals surface area contributed by atoms with Gasteiger partial charge < -0.3 is 17.2 Å². The molecule has 0 spiro atoms. The minimum atomic E-state index is -0.569. The monoisotopic (exact) mass is 246 g/mol. The lowest BCUT2D eigenvalue weighted by atomic mass is 10.2. The van der Waals surface area contributed by atoms with Gasteiger partial charge in [0.25, 0.3) is 0 Å². The normalized spacial score (nSPS) is 9.69. The summed E-state index contributed by atoms with van der Waals surface area (Å²) in [5, 5.41) is 0. The molecule has 0 saturated heterocycles. The molecule has 0 saturated carbocycles. The van der Waals surface area contributed by atoms with Crippen molar-refractivity contribution in [2.45, 2.75) is 0 Å². The number of nitrogen functional groups attached to an aromatic ring is 1. The van der Waals surface area contributed by atoms with Crippen molar-refractivity contribution in [1.82, 2.24) is 0 Å². The molecule has 1 aromatic carbocycles. The van der Waals surface area contributed by atoms with Crippen molar-refractivity contribution < 1.29 is 4.39 Å². The number of nitrogens with zero attached hydrogens (tertiary/aromatic N) is 1. The van der Waals surface area contributed by atoms with Crippen LogP contribution < -0.4 is 17.2 Å². The van der Waals surface area contributed by atoms with Crippen LogP contribution in [0.4, 0.5) is 15.8 Å². The molecule has 0 heterocycles. The van der Waals surface area contributed by atoms with E-state index in [1.165, 1.54) is 12.1 Å². The predicted octanol–water partition coefficient (Wildman–Crippen LogP) is 1.08. The topological polar surface area (TPSA) is 90.4 Å². The van der Waals surface area contributed by atoms with Gasteiger partial charge in [0.15, 0.2) is 11.8 Å². The summed E-state index contributed by atoms with van der Waals surface area (Å²) in [6, 6.07) is 2.75. The molecule has 13 heavy (non-hydrogen) atoms. The van der Waals surface area contributed by atoms with Gasteiger partial charge >= 0.3 is 0 Å². The van der Waals surface area contributed by atoms with E-state index in [-0.39, 0.29) is 17.3 Å². The lowest BCUT2D eigenvalue weighted by molar-refractivity contribution is 0.629. The van der Waals surface area contributed by atoms with Gasteiger partial charge in [-0.05, 0) is 12.1 Å². The Kier molecular flexibility index (Phi) is 2.72. The standard InChI is InChI=1S/C7H8BrFN4/c8-3-1-4(9)6(5(10)2-3)13-7(11)12/h1-2H,10H2,(H4,11,12,13). The third-order valence-corrected chi connectivity index (χ3v) is 1.76. The number of benzene rings is 1. The number of nitrogens with two attached hydrogens (primary N) is 3. The van der Waals surface area contributed by atoms with E-state index in [0.29, 0.717) is 4.47 Å². The maximum absolute atomic E-state index is 13.1. The summed E-state index contributed by atoms with van der Waals surface area (Å²) >= 11 is 3.08. The predicted molar refractivity (Wildman–Crippen MR) is 54.0 cm³/mol. The highest BCUT2D eigenvalue weighted by Gasteiger charge is 2.06. The molecule has 0 aromatic heterocycles. The number of rotatable bonds is 1. The van der Waals surface area contributed by atoms with Crippen LogP contribution in [0.2, 0.25) is 0 Å². The van der Waals surface area contributed by atoms with Gasteiger partial charge in [0.2, 0.25) is 0 Å². The fourth-order valence-corrected chi connectivity index (χ4v) is 1.28. The summed E-state index contributed by atoms with van der Waals surface area (Å²) in [6.45, 7) is 0. The first kappa shape index (κ1) is 9.79. The van der Waals surface area contributed by atoms with Crippen molar-refractivity contribution in [1.29, 1.82) is 0 Å². The number of anilines is 1. The van der Waals surface area contributed by atoms with Crippen LogP contribution >= 0.6 is 15.9 Å². The van der Waals surface area contributed by atoms with E-state index < -0.39 is 5.82 Å². The molecule has 4 nitrogen and oxygen atoms in total. The second-order valence-corrected chi connectivity index (χ2v) is 3.28. The largest absolute Gasteiger partial charge is 0.397 e. The third kappa shape index (κ3) is 2.32. The van der Waals surface area contributed by atoms with E-state index in [1.807, 2.05) is 0 Å². The van der Waals surface area contributed by atoms with Gasteiger partial charge in [0.1, 0.15) is 5.69 Å². The van der Waals surface area contributed by atoms with Gasteiger partial charge in [0.05, 0.1) is 5.69 Å². The number of guanidine groups is 1. The SMILES string of the molecule is NC(N)=Nc1c(N)cc(Br)cc1F. The van der Waals surface area contributed by atoms with Crippen molar-refractivity contribution in [2.24, 2.45) is 16.5 Å². The maximum atomic E-state index is 13.1. The van der Waals surface area contributed by atoms with Gasteiger partial charge in [-0.1, -0.05) is 15.9 Å². The minimum absolute atomic E-state index is 0.0387. The smallest absolute Gasteiger partial charge is 0.191 e. The Bertz CT molecular complexity index is 337. The second-order valence-electron chi connectivity index (χ2n) is 2.36. The summed E-state index contributed by atoms with van der Waals surface area (Å²) in [6.07, 6.45) is 0. The van der Waals surface area contributed by atoms with Crippen LogP contribution in [0.25, 0.3) is 0 Å². The quantitative estimate of drug-likeness (QED) is 0.394. The Balaban J connectivity index is 3.29. The van der Waals surface area contributed by atoms with Crippen LogP contribution in [0, 0.1) is 5.82 Å². The zero-order valence-electron chi connectivity index (χ0n) is 6.59. The summed E-state index contributed by atoms with van der Waals surface area (Å²) in [5.41, 5.74) is 15.8. The van der Waals surface area contributed by atoms with Crippen molar-refractivity contribution in [3.8, 4) is 0 Å². The van der Waals surface area contributed by atoms with E-state index >= 15 is 0 Å². The van der Waals surface area contributed by atoms with Crippen LogP contribution in [-0.4, -0.2) is 5.96 Å². The molecular weight excluding hydrogens is 239 g/mol. The lowest BCUT2D eigenvalue weighted by Crippen LogP contribution is -2.22. The molecule has 0 aliphatic rings. The van der Waals surface area contributed by atoms with Gasteiger partial charge in [-0.15, -0.1) is 0 Å². The Hall–Kier alpha value is -1.30. The molecule has 0 fully saturated rings. The van der Waals surface area contributed by atoms with Gasteiger partial charge in [0, 0.05) is 4.47 Å². The van der Waals surface area contributed by atoms with Gasteiger partial charge in [-0.2, -0.15) is 0 Å². The van der Waals surface area contributed by atoms with Crippen molar-refractivity contribution in [2.75, 3.05) is 5.73 Å². The number of hydrogen-bond acceptors (Lipinski definition) is 2. The van der Waals surface area contributed by atoms with Crippen LogP contribution in [-0.2, 0) is 0 Å². The maximum Gasteiger partial charge on any atom is 0.191 e. The molecule has 1 rings (SSSR count). The molecule has 0 bridgehead atoms. The minimum Gasteiger partial charge on any atom is -0.397 e. The molecule has 0 aliphatic carbocycles. The zero-order chi connectivity index (χ0) is 10.0. The third-order valence-electron chi connectivity index (χ3n) is 1.30. The molecular formula is C7H8BrFN4. The first-order valence-corrected chi connectivity index (χ1v) is 4.14. The average molecular weight is 247 g/mol. The molecule has 70 valence electrons. The summed E-state index contributed by atoms with van der Waals surface area (Å²) in [4.78, 5) is 3.55. The molecule has 6 N–H and O–H groups in total. The molecule has 0 aliphatic heterocycles. The fourth-order valence-electron chi connectivity index (χ4n) is 0.833. The second kappa shape index (κ2) is 3.61. The molecule has 6 heteroatoms. The molecule has 1 aromatic rings. The van der Waals surface area contributed by atoms with E-state index in [9.17, 15) is 4.39 Å². The Morgan fingerprint density at radius 2 is 2.00 bits per heavy atom. The van der Waals surface area contributed by atoms with Crippen LogP contribution in [0.15, 0.2) is 21.6 Å². The van der Waals surface area contributed by atoms with E-state index in [0.717, 1.165) is 0 Å². The molecule has 0 unspecified atom stereocenters. The Morgan fingerprint density at radius 1 is 1.38 bits per heavy atom. The van der Waals surface area contributed by atoms with E-state index in [1.54, 1.807) is 0 Å². The van der Waals surface area contributed by atoms with E-state index in [2.05, 4.69) is 20.9 Å². The van der Waals surface area contributed by atoms with Crippen LogP contribution in [0.3, 0.4) is 0 Å². The zero-order valence-corrected chi connectivity index (χ0v) is 8.18. The highest BCUT2D eigenvalue weighted by molar-refractivity contribution is 9.10. The summed E-state index contributed by atoms with van der Waals surface area (Å²) in [7, 11) is 0.